The average Bonchev–Trinajstić information content (AvgIpc) is 2.39. The monoisotopic (exact) mass is 289 g/mol. The molecule has 8 heteroatoms. The van der Waals surface area contributed by atoms with E-state index in [-0.39, 0.29) is 0 Å². The molecule has 1 saturated heterocycles. The summed E-state index contributed by atoms with van der Waals surface area (Å²) < 4.78 is 30.9. The number of carbonyl (C=O) groups excluding carboxylic acids is 1. The Kier molecular flexibility index (Phi) is 4.90. The van der Waals surface area contributed by atoms with Gasteiger partial charge in [-0.1, -0.05) is 0 Å². The minimum Gasteiger partial charge on any atom is -0.468 e. The first kappa shape index (κ1) is 15.9. The van der Waals surface area contributed by atoms with Gasteiger partial charge in [-0.05, 0) is 26.8 Å². The van der Waals surface area contributed by atoms with Crippen LogP contribution >= 0.6 is 0 Å². The molecule has 1 fully saturated rings. The van der Waals surface area contributed by atoms with Crippen molar-refractivity contribution in [3.05, 3.63) is 0 Å². The third-order valence-electron chi connectivity index (χ3n) is 3.39. The average molecular weight is 289 g/mol. The minimum atomic E-state index is -3.92. The predicted molar refractivity (Wildman–Crippen MR) is 68.6 cm³/mol. The summed E-state index contributed by atoms with van der Waals surface area (Å²) in [5.41, 5.74) is -1.13. The van der Waals surface area contributed by atoms with E-state index in [0.717, 1.165) is 7.11 Å². The molecular formula is C11H19N3O4S. The second kappa shape index (κ2) is 5.86. The summed E-state index contributed by atoms with van der Waals surface area (Å²) in [6.07, 6.45) is 0.792. The lowest BCUT2D eigenvalue weighted by Gasteiger charge is -2.36. The number of ether oxygens (including phenoxy) is 1. The van der Waals surface area contributed by atoms with E-state index in [1.807, 2.05) is 18.0 Å². The third kappa shape index (κ3) is 3.65. The van der Waals surface area contributed by atoms with E-state index in [2.05, 4.69) is 9.46 Å². The molecular weight excluding hydrogens is 270 g/mol. The fourth-order valence-corrected chi connectivity index (χ4v) is 3.21. The molecule has 0 aromatic heterocycles. The van der Waals surface area contributed by atoms with Crippen molar-refractivity contribution in [2.45, 2.75) is 30.6 Å². The highest BCUT2D eigenvalue weighted by atomic mass is 32.2. The molecule has 0 aromatic carbocycles. The van der Waals surface area contributed by atoms with Crippen molar-refractivity contribution in [3.63, 3.8) is 0 Å². The van der Waals surface area contributed by atoms with Crippen LogP contribution in [0.5, 0.6) is 0 Å². The Balaban J connectivity index is 2.87. The number of hydrogen-bond acceptors (Lipinski definition) is 6. The summed E-state index contributed by atoms with van der Waals surface area (Å²) in [6.45, 7) is 2.50. The lowest BCUT2D eigenvalue weighted by Crippen LogP contribution is -2.56. The van der Waals surface area contributed by atoms with Crippen LogP contribution in [-0.2, 0) is 19.6 Å². The topological polar surface area (TPSA) is 99.5 Å². The van der Waals surface area contributed by atoms with E-state index < -0.39 is 26.8 Å². The van der Waals surface area contributed by atoms with Gasteiger partial charge in [0.1, 0.15) is 5.54 Å². The van der Waals surface area contributed by atoms with E-state index in [1.165, 1.54) is 6.92 Å². The normalized spacial score (nSPS) is 21.4. The second-order valence-corrected chi connectivity index (χ2v) is 6.81. The molecule has 1 N–H and O–H groups in total. The number of hydrogen-bond donors (Lipinski definition) is 1. The van der Waals surface area contributed by atoms with Gasteiger partial charge >= 0.3 is 5.97 Å². The molecule has 0 saturated carbocycles. The molecule has 0 amide bonds. The Morgan fingerprint density at radius 3 is 2.42 bits per heavy atom. The van der Waals surface area contributed by atoms with Crippen molar-refractivity contribution < 1.29 is 17.9 Å². The van der Waals surface area contributed by atoms with Gasteiger partial charge in [0.05, 0.1) is 13.2 Å². The van der Waals surface area contributed by atoms with Gasteiger partial charge in [-0.15, -0.1) is 0 Å². The Bertz CT molecular complexity index is 475. The summed E-state index contributed by atoms with van der Waals surface area (Å²) in [6, 6.07) is 2.04. The van der Waals surface area contributed by atoms with Gasteiger partial charge in [0.15, 0.2) is 5.25 Å². The number of nitrogens with zero attached hydrogens (tertiary/aromatic N) is 2. The number of nitriles is 1. The number of sulfonamides is 1. The lowest BCUT2D eigenvalue weighted by molar-refractivity contribution is -0.139. The fourth-order valence-electron chi connectivity index (χ4n) is 1.89. The number of piperidine rings is 1. The summed E-state index contributed by atoms with van der Waals surface area (Å²) in [4.78, 5) is 13.3. The second-order valence-electron chi connectivity index (χ2n) is 4.81. The van der Waals surface area contributed by atoms with Crippen molar-refractivity contribution in [1.82, 2.24) is 9.62 Å². The molecule has 1 heterocycles. The molecule has 0 spiro atoms. The zero-order valence-corrected chi connectivity index (χ0v) is 12.2. The number of methoxy groups -OCH3 is 1. The van der Waals surface area contributed by atoms with Crippen molar-refractivity contribution in [2.24, 2.45) is 0 Å². The molecule has 1 unspecified atom stereocenters. The van der Waals surface area contributed by atoms with Crippen molar-refractivity contribution in [1.29, 1.82) is 5.26 Å². The van der Waals surface area contributed by atoms with Crippen LogP contribution in [0.1, 0.15) is 19.8 Å². The zero-order valence-electron chi connectivity index (χ0n) is 11.3. The van der Waals surface area contributed by atoms with Gasteiger partial charge in [-0.25, -0.2) is 8.42 Å². The highest BCUT2D eigenvalue weighted by Crippen LogP contribution is 2.22. The van der Waals surface area contributed by atoms with Gasteiger partial charge in [0.25, 0.3) is 0 Å². The first-order chi connectivity index (χ1) is 8.76. The molecule has 0 aliphatic carbocycles. The summed E-state index contributed by atoms with van der Waals surface area (Å²) in [5.74, 6) is -0.839. The van der Waals surface area contributed by atoms with Gasteiger partial charge in [-0.2, -0.15) is 9.98 Å². The van der Waals surface area contributed by atoms with Gasteiger partial charge < -0.3 is 9.64 Å². The van der Waals surface area contributed by atoms with Crippen LogP contribution in [-0.4, -0.2) is 57.3 Å². The van der Waals surface area contributed by atoms with Crippen molar-refractivity contribution >= 4 is 16.0 Å². The van der Waals surface area contributed by atoms with Crippen LogP contribution in [0.2, 0.25) is 0 Å². The molecule has 0 aromatic rings. The van der Waals surface area contributed by atoms with Gasteiger partial charge in [-0.3, -0.25) is 4.79 Å². The number of esters is 1. The van der Waals surface area contributed by atoms with Crippen LogP contribution in [0.25, 0.3) is 0 Å². The standard InChI is InChI=1S/C11H19N3O4S/c1-9(10(15)18-3)19(16,17)13-11(8-12)4-6-14(2)7-5-11/h9,13H,4-7H2,1-3H3. The van der Waals surface area contributed by atoms with Crippen molar-refractivity contribution in [3.8, 4) is 6.07 Å². The van der Waals surface area contributed by atoms with Crippen molar-refractivity contribution in [2.75, 3.05) is 27.2 Å². The minimum absolute atomic E-state index is 0.396. The molecule has 0 bridgehead atoms. The molecule has 7 nitrogen and oxygen atoms in total. The molecule has 1 aliphatic heterocycles. The van der Waals surface area contributed by atoms with Crippen LogP contribution in [0.3, 0.4) is 0 Å². The van der Waals surface area contributed by atoms with Gasteiger partial charge in [0.2, 0.25) is 10.0 Å². The maximum atomic E-state index is 12.1. The van der Waals surface area contributed by atoms with E-state index in [0.29, 0.717) is 25.9 Å². The molecule has 1 atom stereocenters. The number of nitrogens with one attached hydrogen (secondary N) is 1. The molecule has 0 radical (unpaired) electrons. The Morgan fingerprint density at radius 2 is 2.00 bits per heavy atom. The predicted octanol–water partition coefficient (Wildman–Crippen LogP) is -0.545. The quantitative estimate of drug-likeness (QED) is 0.697. The maximum absolute atomic E-state index is 12.1. The lowest BCUT2D eigenvalue weighted by atomic mass is 9.91. The van der Waals surface area contributed by atoms with Crippen LogP contribution in [0.15, 0.2) is 0 Å². The van der Waals surface area contributed by atoms with Crippen LogP contribution in [0.4, 0.5) is 0 Å². The largest absolute Gasteiger partial charge is 0.468 e. The van der Waals surface area contributed by atoms with E-state index in [1.54, 1.807) is 0 Å². The van der Waals surface area contributed by atoms with E-state index in [4.69, 9.17) is 0 Å². The van der Waals surface area contributed by atoms with E-state index >= 15 is 0 Å². The third-order valence-corrected chi connectivity index (χ3v) is 5.19. The Hall–Kier alpha value is -1.17. The summed E-state index contributed by atoms with van der Waals surface area (Å²) in [5, 5.41) is 7.93. The van der Waals surface area contributed by atoms with Crippen LogP contribution in [0, 0.1) is 11.3 Å². The molecule has 108 valence electrons. The smallest absolute Gasteiger partial charge is 0.325 e. The van der Waals surface area contributed by atoms with E-state index in [9.17, 15) is 18.5 Å². The highest BCUT2D eigenvalue weighted by molar-refractivity contribution is 7.90. The number of carbonyl (C=O) groups is 1. The fraction of sp³-hybridized carbons (Fsp3) is 0.818. The Labute approximate surface area is 113 Å². The SMILES string of the molecule is COC(=O)C(C)S(=O)(=O)NC1(C#N)CCN(C)CC1. The maximum Gasteiger partial charge on any atom is 0.325 e. The number of likely N-dealkylation sites (tertiary alicyclic amines) is 1. The molecule has 19 heavy (non-hydrogen) atoms. The zero-order chi connectivity index (χ0) is 14.7. The molecule has 1 rings (SSSR count). The Morgan fingerprint density at radius 1 is 1.47 bits per heavy atom. The van der Waals surface area contributed by atoms with Gasteiger partial charge in [0, 0.05) is 13.1 Å². The first-order valence-corrected chi connectivity index (χ1v) is 7.51. The first-order valence-electron chi connectivity index (χ1n) is 5.97. The highest BCUT2D eigenvalue weighted by Gasteiger charge is 2.41. The summed E-state index contributed by atoms with van der Waals surface area (Å²) in [7, 11) is -0.886. The number of rotatable bonds is 4. The molecule has 1 aliphatic rings. The summed E-state index contributed by atoms with van der Waals surface area (Å²) >= 11 is 0. The van der Waals surface area contributed by atoms with Crippen LogP contribution < -0.4 is 4.72 Å².